The summed E-state index contributed by atoms with van der Waals surface area (Å²) in [7, 11) is 0. The Kier molecular flexibility index (Phi) is 2.86. The lowest BCUT2D eigenvalue weighted by atomic mass is 10.3. The van der Waals surface area contributed by atoms with Gasteiger partial charge in [0.1, 0.15) is 12.4 Å². The number of rotatable bonds is 3. The quantitative estimate of drug-likeness (QED) is 0.638. The molecule has 64 valence electrons. The van der Waals surface area contributed by atoms with Crippen molar-refractivity contribution in [3.63, 3.8) is 0 Å². The van der Waals surface area contributed by atoms with Gasteiger partial charge in [0.2, 0.25) is 0 Å². The third-order valence-corrected chi connectivity index (χ3v) is 1.37. The van der Waals surface area contributed by atoms with E-state index in [1.54, 1.807) is 6.20 Å². The van der Waals surface area contributed by atoms with Crippen LogP contribution in [-0.2, 0) is 0 Å². The molecule has 12 heavy (non-hydrogen) atoms. The largest absolute Gasteiger partial charge is 0.488 e. The standard InChI is InChI=1S/C10H13NO/c1-8(2)7-12-10-5-4-9(3)11-6-10/h4-6H,1,7H2,2-3H3. The van der Waals surface area contributed by atoms with Gasteiger partial charge >= 0.3 is 0 Å². The highest BCUT2D eigenvalue weighted by atomic mass is 16.5. The molecule has 1 aromatic heterocycles. The molecule has 0 unspecified atom stereocenters. The molecule has 0 aromatic carbocycles. The molecular weight excluding hydrogens is 150 g/mol. The molecule has 0 aliphatic heterocycles. The van der Waals surface area contributed by atoms with Crippen LogP contribution in [0.2, 0.25) is 0 Å². The maximum absolute atomic E-state index is 5.36. The van der Waals surface area contributed by atoms with E-state index in [1.165, 1.54) is 0 Å². The Morgan fingerprint density at radius 1 is 1.58 bits per heavy atom. The second-order valence-electron chi connectivity index (χ2n) is 2.88. The van der Waals surface area contributed by atoms with E-state index in [4.69, 9.17) is 4.74 Å². The van der Waals surface area contributed by atoms with Gasteiger partial charge in [0.05, 0.1) is 6.20 Å². The van der Waals surface area contributed by atoms with E-state index in [2.05, 4.69) is 11.6 Å². The van der Waals surface area contributed by atoms with Crippen LogP contribution in [0.5, 0.6) is 5.75 Å². The van der Waals surface area contributed by atoms with Crippen LogP contribution in [0, 0.1) is 6.92 Å². The first kappa shape index (κ1) is 8.78. The Morgan fingerprint density at radius 3 is 2.83 bits per heavy atom. The normalized spacial score (nSPS) is 9.50. The predicted molar refractivity (Wildman–Crippen MR) is 49.3 cm³/mol. The van der Waals surface area contributed by atoms with Crippen molar-refractivity contribution in [2.75, 3.05) is 6.61 Å². The SMILES string of the molecule is C=C(C)COc1ccc(C)nc1. The molecule has 1 heterocycles. The minimum Gasteiger partial charge on any atom is -0.488 e. The summed E-state index contributed by atoms with van der Waals surface area (Å²) >= 11 is 0. The van der Waals surface area contributed by atoms with E-state index in [1.807, 2.05) is 26.0 Å². The van der Waals surface area contributed by atoms with Crippen molar-refractivity contribution < 1.29 is 4.74 Å². The number of aromatic nitrogens is 1. The number of pyridine rings is 1. The van der Waals surface area contributed by atoms with Crippen molar-refractivity contribution in [2.24, 2.45) is 0 Å². The molecular formula is C10H13NO. The summed E-state index contributed by atoms with van der Waals surface area (Å²) in [6, 6.07) is 3.83. The lowest BCUT2D eigenvalue weighted by Crippen LogP contribution is -1.97. The minimum absolute atomic E-state index is 0.560. The van der Waals surface area contributed by atoms with Gasteiger partial charge in [-0.25, -0.2) is 0 Å². The Hall–Kier alpha value is -1.31. The first-order valence-corrected chi connectivity index (χ1v) is 3.88. The van der Waals surface area contributed by atoms with Crippen LogP contribution in [0.3, 0.4) is 0 Å². The molecule has 0 spiro atoms. The van der Waals surface area contributed by atoms with Gasteiger partial charge in [0, 0.05) is 5.69 Å². The summed E-state index contributed by atoms with van der Waals surface area (Å²) in [5, 5.41) is 0. The van der Waals surface area contributed by atoms with Crippen molar-refractivity contribution >= 4 is 0 Å². The Bertz CT molecular complexity index is 264. The van der Waals surface area contributed by atoms with Gasteiger partial charge in [0.25, 0.3) is 0 Å². The van der Waals surface area contributed by atoms with Crippen LogP contribution in [0.25, 0.3) is 0 Å². The molecule has 0 radical (unpaired) electrons. The molecule has 0 fully saturated rings. The van der Waals surface area contributed by atoms with Crippen LogP contribution < -0.4 is 4.74 Å². The van der Waals surface area contributed by atoms with Gasteiger partial charge in [-0.2, -0.15) is 0 Å². The lowest BCUT2D eigenvalue weighted by molar-refractivity contribution is 0.351. The van der Waals surface area contributed by atoms with Crippen LogP contribution >= 0.6 is 0 Å². The highest BCUT2D eigenvalue weighted by Gasteiger charge is 1.92. The Balaban J connectivity index is 2.53. The van der Waals surface area contributed by atoms with Gasteiger partial charge in [0.15, 0.2) is 0 Å². The van der Waals surface area contributed by atoms with Crippen LogP contribution in [-0.4, -0.2) is 11.6 Å². The highest BCUT2D eigenvalue weighted by molar-refractivity contribution is 5.19. The van der Waals surface area contributed by atoms with Gasteiger partial charge < -0.3 is 4.74 Å². The van der Waals surface area contributed by atoms with Crippen molar-refractivity contribution in [1.82, 2.24) is 4.98 Å². The molecule has 2 heteroatoms. The summed E-state index contributed by atoms with van der Waals surface area (Å²) in [6.07, 6.45) is 1.72. The zero-order valence-corrected chi connectivity index (χ0v) is 7.50. The maximum Gasteiger partial charge on any atom is 0.138 e. The molecule has 1 aromatic rings. The smallest absolute Gasteiger partial charge is 0.138 e. The second-order valence-corrected chi connectivity index (χ2v) is 2.88. The molecule has 2 nitrogen and oxygen atoms in total. The Morgan fingerprint density at radius 2 is 2.33 bits per heavy atom. The molecule has 0 bridgehead atoms. The number of nitrogens with zero attached hydrogens (tertiary/aromatic N) is 1. The Labute approximate surface area is 72.9 Å². The fraction of sp³-hybridized carbons (Fsp3) is 0.300. The van der Waals surface area contributed by atoms with Crippen molar-refractivity contribution in [3.8, 4) is 5.75 Å². The topological polar surface area (TPSA) is 22.1 Å². The predicted octanol–water partition coefficient (Wildman–Crippen LogP) is 2.34. The molecule has 1 rings (SSSR count). The first-order chi connectivity index (χ1) is 5.68. The van der Waals surface area contributed by atoms with Gasteiger partial charge in [-0.15, -0.1) is 0 Å². The number of hydrogen-bond acceptors (Lipinski definition) is 2. The fourth-order valence-electron chi connectivity index (χ4n) is 0.746. The van der Waals surface area contributed by atoms with E-state index in [0.29, 0.717) is 6.61 Å². The van der Waals surface area contributed by atoms with Crippen LogP contribution in [0.1, 0.15) is 12.6 Å². The average Bonchev–Trinajstić information content (AvgIpc) is 2.03. The summed E-state index contributed by atoms with van der Waals surface area (Å²) in [6.45, 7) is 8.18. The van der Waals surface area contributed by atoms with Crippen molar-refractivity contribution in [2.45, 2.75) is 13.8 Å². The number of ether oxygens (including phenoxy) is 1. The third-order valence-electron chi connectivity index (χ3n) is 1.37. The summed E-state index contributed by atoms with van der Waals surface area (Å²) in [5.74, 6) is 0.795. The van der Waals surface area contributed by atoms with E-state index >= 15 is 0 Å². The second kappa shape index (κ2) is 3.90. The zero-order chi connectivity index (χ0) is 8.97. The van der Waals surface area contributed by atoms with Crippen molar-refractivity contribution in [1.29, 1.82) is 0 Å². The summed E-state index contributed by atoms with van der Waals surface area (Å²) in [5.41, 5.74) is 2.01. The molecule has 0 aliphatic rings. The fourth-order valence-corrected chi connectivity index (χ4v) is 0.746. The molecule has 0 amide bonds. The van der Waals surface area contributed by atoms with E-state index in [9.17, 15) is 0 Å². The molecule has 0 aliphatic carbocycles. The summed E-state index contributed by atoms with van der Waals surface area (Å²) in [4.78, 5) is 4.10. The third kappa shape index (κ3) is 2.74. The maximum atomic E-state index is 5.36. The van der Waals surface area contributed by atoms with Crippen molar-refractivity contribution in [3.05, 3.63) is 36.2 Å². The molecule has 0 saturated heterocycles. The molecule has 0 saturated carbocycles. The lowest BCUT2D eigenvalue weighted by Gasteiger charge is -2.04. The van der Waals surface area contributed by atoms with Gasteiger partial charge in [-0.05, 0) is 31.6 Å². The first-order valence-electron chi connectivity index (χ1n) is 3.88. The van der Waals surface area contributed by atoms with E-state index in [-0.39, 0.29) is 0 Å². The minimum atomic E-state index is 0.560. The van der Waals surface area contributed by atoms with E-state index < -0.39 is 0 Å². The van der Waals surface area contributed by atoms with Gasteiger partial charge in [-0.3, -0.25) is 4.98 Å². The number of aryl methyl sites for hydroxylation is 1. The molecule has 0 N–H and O–H groups in total. The van der Waals surface area contributed by atoms with E-state index in [0.717, 1.165) is 17.0 Å². The monoisotopic (exact) mass is 163 g/mol. The average molecular weight is 163 g/mol. The van der Waals surface area contributed by atoms with Crippen LogP contribution in [0.4, 0.5) is 0 Å². The zero-order valence-electron chi connectivity index (χ0n) is 7.50. The molecule has 0 atom stereocenters. The van der Waals surface area contributed by atoms with Crippen LogP contribution in [0.15, 0.2) is 30.5 Å². The number of hydrogen-bond donors (Lipinski definition) is 0. The van der Waals surface area contributed by atoms with Gasteiger partial charge in [-0.1, -0.05) is 6.58 Å². The highest BCUT2D eigenvalue weighted by Crippen LogP contribution is 2.08. The summed E-state index contributed by atoms with van der Waals surface area (Å²) < 4.78 is 5.36.